The second-order valence-electron chi connectivity index (χ2n) is 3.41. The summed E-state index contributed by atoms with van der Waals surface area (Å²) in [7, 11) is 1.64. The van der Waals surface area contributed by atoms with Crippen molar-refractivity contribution in [2.45, 2.75) is 0 Å². The van der Waals surface area contributed by atoms with Crippen LogP contribution in [0.1, 0.15) is 5.56 Å². The Morgan fingerprint density at radius 2 is 1.59 bits per heavy atom. The zero-order valence-corrected chi connectivity index (χ0v) is 9.54. The van der Waals surface area contributed by atoms with Crippen LogP contribution in [0, 0.1) is 0 Å². The second kappa shape index (κ2) is 5.70. The highest BCUT2D eigenvalue weighted by Gasteiger charge is 1.91. The Hall–Kier alpha value is -2.29. The highest BCUT2D eigenvalue weighted by Crippen LogP contribution is 2.11. The molecule has 2 aromatic carbocycles. The summed E-state index contributed by atoms with van der Waals surface area (Å²) in [4.78, 5) is 5.20. The molecule has 0 amide bonds. The fourth-order valence-corrected chi connectivity index (χ4v) is 1.32. The van der Waals surface area contributed by atoms with Crippen LogP contribution in [-0.4, -0.2) is 13.3 Å². The summed E-state index contributed by atoms with van der Waals surface area (Å²) in [5, 5.41) is 3.90. The van der Waals surface area contributed by atoms with Crippen molar-refractivity contribution in [3.05, 3.63) is 60.2 Å². The fourth-order valence-electron chi connectivity index (χ4n) is 1.32. The monoisotopic (exact) mass is 227 g/mol. The predicted molar refractivity (Wildman–Crippen MR) is 67.7 cm³/mol. The molecule has 0 aliphatic carbocycles. The molecule has 0 saturated carbocycles. The molecule has 0 spiro atoms. The maximum absolute atomic E-state index is 5.20. The first-order chi connectivity index (χ1) is 8.38. The van der Waals surface area contributed by atoms with Crippen LogP contribution in [0.5, 0.6) is 11.5 Å². The highest BCUT2D eigenvalue weighted by molar-refractivity contribution is 5.79. The molecule has 86 valence electrons. The van der Waals surface area contributed by atoms with Crippen molar-refractivity contribution < 1.29 is 9.57 Å². The second-order valence-corrected chi connectivity index (χ2v) is 3.41. The molecule has 0 heterocycles. The summed E-state index contributed by atoms with van der Waals surface area (Å²) < 4.78 is 5.07. The van der Waals surface area contributed by atoms with E-state index >= 15 is 0 Å². The third kappa shape index (κ3) is 3.34. The minimum Gasteiger partial charge on any atom is -0.497 e. The standard InChI is InChI=1S/C14H13NO2/c1-16-13-9-7-12(8-10-13)11-15-17-14-5-3-2-4-6-14/h2-11H,1H3/b15-11-. The SMILES string of the molecule is COc1ccc(/C=N\Oc2ccccc2)cc1. The molecule has 0 N–H and O–H groups in total. The highest BCUT2D eigenvalue weighted by atomic mass is 16.6. The Labute approximate surface area is 100 Å². The Balaban J connectivity index is 1.96. The Morgan fingerprint density at radius 3 is 2.24 bits per heavy atom. The van der Waals surface area contributed by atoms with Gasteiger partial charge in [0.2, 0.25) is 0 Å². The quantitative estimate of drug-likeness (QED) is 0.593. The van der Waals surface area contributed by atoms with E-state index in [1.807, 2.05) is 54.6 Å². The minimum absolute atomic E-state index is 0.720. The third-order valence-corrected chi connectivity index (χ3v) is 2.22. The van der Waals surface area contributed by atoms with Crippen LogP contribution in [0.2, 0.25) is 0 Å². The first-order valence-corrected chi connectivity index (χ1v) is 5.28. The van der Waals surface area contributed by atoms with Gasteiger partial charge in [0.15, 0.2) is 5.75 Å². The van der Waals surface area contributed by atoms with E-state index in [4.69, 9.17) is 9.57 Å². The van der Waals surface area contributed by atoms with Crippen LogP contribution in [0.25, 0.3) is 0 Å². The molecule has 3 nitrogen and oxygen atoms in total. The van der Waals surface area contributed by atoms with Crippen molar-refractivity contribution >= 4 is 6.21 Å². The number of ether oxygens (including phenoxy) is 1. The van der Waals surface area contributed by atoms with Crippen LogP contribution in [-0.2, 0) is 0 Å². The first-order valence-electron chi connectivity index (χ1n) is 5.28. The van der Waals surface area contributed by atoms with Gasteiger partial charge in [-0.15, -0.1) is 0 Å². The summed E-state index contributed by atoms with van der Waals surface area (Å²) in [5.41, 5.74) is 0.960. The van der Waals surface area contributed by atoms with E-state index in [0.29, 0.717) is 0 Å². The summed E-state index contributed by atoms with van der Waals surface area (Å²) in [6.07, 6.45) is 1.66. The summed E-state index contributed by atoms with van der Waals surface area (Å²) in [5.74, 6) is 1.54. The molecular weight excluding hydrogens is 214 g/mol. The Kier molecular flexibility index (Phi) is 3.76. The van der Waals surface area contributed by atoms with Crippen molar-refractivity contribution in [3.8, 4) is 11.5 Å². The van der Waals surface area contributed by atoms with E-state index in [-0.39, 0.29) is 0 Å². The first kappa shape index (κ1) is 11.2. The van der Waals surface area contributed by atoms with E-state index < -0.39 is 0 Å². The van der Waals surface area contributed by atoms with E-state index in [2.05, 4.69) is 5.16 Å². The lowest BCUT2D eigenvalue weighted by atomic mass is 10.2. The van der Waals surface area contributed by atoms with Gasteiger partial charge in [-0.1, -0.05) is 23.4 Å². The number of hydrogen-bond acceptors (Lipinski definition) is 3. The molecule has 2 aromatic rings. The fraction of sp³-hybridized carbons (Fsp3) is 0.0714. The molecule has 3 heteroatoms. The number of nitrogens with zero attached hydrogens (tertiary/aromatic N) is 1. The molecule has 0 aliphatic heterocycles. The van der Waals surface area contributed by atoms with Gasteiger partial charge in [-0.05, 0) is 42.0 Å². The lowest BCUT2D eigenvalue weighted by Crippen LogP contribution is -1.87. The summed E-state index contributed by atoms with van der Waals surface area (Å²) >= 11 is 0. The van der Waals surface area contributed by atoms with Gasteiger partial charge in [0.1, 0.15) is 5.75 Å². The lowest BCUT2D eigenvalue weighted by molar-refractivity contribution is 0.344. The molecule has 0 fully saturated rings. The molecule has 17 heavy (non-hydrogen) atoms. The molecule has 0 saturated heterocycles. The van der Waals surface area contributed by atoms with Crippen molar-refractivity contribution in [2.75, 3.05) is 7.11 Å². The third-order valence-electron chi connectivity index (χ3n) is 2.22. The van der Waals surface area contributed by atoms with E-state index in [9.17, 15) is 0 Å². The Morgan fingerprint density at radius 1 is 0.882 bits per heavy atom. The summed E-state index contributed by atoms with van der Waals surface area (Å²) in [6.45, 7) is 0. The number of benzene rings is 2. The van der Waals surface area contributed by atoms with Gasteiger partial charge >= 0.3 is 0 Å². The van der Waals surface area contributed by atoms with Crippen LogP contribution in [0.15, 0.2) is 59.8 Å². The molecule has 0 bridgehead atoms. The van der Waals surface area contributed by atoms with Gasteiger partial charge in [-0.25, -0.2) is 0 Å². The van der Waals surface area contributed by atoms with Crippen molar-refractivity contribution in [3.63, 3.8) is 0 Å². The number of para-hydroxylation sites is 1. The van der Waals surface area contributed by atoms with Gasteiger partial charge in [-0.3, -0.25) is 0 Å². The normalized spacial score (nSPS) is 10.4. The van der Waals surface area contributed by atoms with Crippen molar-refractivity contribution in [2.24, 2.45) is 5.16 Å². The number of oxime groups is 1. The number of methoxy groups -OCH3 is 1. The molecular formula is C14H13NO2. The van der Waals surface area contributed by atoms with Gasteiger partial charge < -0.3 is 9.57 Å². The van der Waals surface area contributed by atoms with Gasteiger partial charge in [0, 0.05) is 0 Å². The number of hydrogen-bond donors (Lipinski definition) is 0. The zero-order chi connectivity index (χ0) is 11.9. The average Bonchev–Trinajstić information content (AvgIpc) is 2.41. The largest absolute Gasteiger partial charge is 0.497 e. The number of rotatable bonds is 4. The van der Waals surface area contributed by atoms with Crippen molar-refractivity contribution in [1.82, 2.24) is 0 Å². The van der Waals surface area contributed by atoms with Gasteiger partial charge in [0.05, 0.1) is 13.3 Å². The predicted octanol–water partition coefficient (Wildman–Crippen LogP) is 3.11. The Bertz CT molecular complexity index is 477. The van der Waals surface area contributed by atoms with Gasteiger partial charge in [0.25, 0.3) is 0 Å². The topological polar surface area (TPSA) is 30.8 Å². The lowest BCUT2D eigenvalue weighted by Gasteiger charge is -1.99. The molecule has 0 aromatic heterocycles. The average molecular weight is 227 g/mol. The maximum atomic E-state index is 5.20. The van der Waals surface area contributed by atoms with Crippen molar-refractivity contribution in [1.29, 1.82) is 0 Å². The molecule has 2 rings (SSSR count). The van der Waals surface area contributed by atoms with Crippen LogP contribution in [0.3, 0.4) is 0 Å². The van der Waals surface area contributed by atoms with Crippen LogP contribution >= 0.6 is 0 Å². The molecule has 0 radical (unpaired) electrons. The molecule has 0 aliphatic rings. The minimum atomic E-state index is 0.720. The summed E-state index contributed by atoms with van der Waals surface area (Å²) in [6, 6.07) is 17.0. The smallest absolute Gasteiger partial charge is 0.157 e. The van der Waals surface area contributed by atoms with Gasteiger partial charge in [-0.2, -0.15) is 0 Å². The molecule has 0 unspecified atom stereocenters. The van der Waals surface area contributed by atoms with E-state index in [0.717, 1.165) is 17.1 Å². The maximum Gasteiger partial charge on any atom is 0.157 e. The van der Waals surface area contributed by atoms with E-state index in [1.54, 1.807) is 13.3 Å². The molecule has 0 atom stereocenters. The zero-order valence-electron chi connectivity index (χ0n) is 9.54. The van der Waals surface area contributed by atoms with Crippen LogP contribution in [0.4, 0.5) is 0 Å². The van der Waals surface area contributed by atoms with Crippen LogP contribution < -0.4 is 9.57 Å². The van der Waals surface area contributed by atoms with E-state index in [1.165, 1.54) is 0 Å².